The van der Waals surface area contributed by atoms with Crippen molar-refractivity contribution in [3.8, 4) is 0 Å². The van der Waals surface area contributed by atoms with E-state index in [-0.39, 0.29) is 11.6 Å². The molecule has 0 saturated heterocycles. The molecular weight excluding hydrogens is 288 g/mol. The molecule has 0 aliphatic heterocycles. The molecule has 2 aromatic rings. The Morgan fingerprint density at radius 1 is 1.48 bits per heavy atom. The van der Waals surface area contributed by atoms with E-state index in [1.807, 2.05) is 17.5 Å². The van der Waals surface area contributed by atoms with E-state index in [1.54, 1.807) is 12.4 Å². The molecule has 0 spiro atoms. The fourth-order valence-corrected chi connectivity index (χ4v) is 2.62. The number of carbonyl (C=O) groups is 1. The van der Waals surface area contributed by atoms with Crippen LogP contribution in [0, 0.1) is 0 Å². The first-order valence-corrected chi connectivity index (χ1v) is 7.75. The lowest BCUT2D eigenvalue weighted by atomic mass is 10.3. The Morgan fingerprint density at radius 3 is 3.00 bits per heavy atom. The van der Waals surface area contributed by atoms with Crippen LogP contribution in [0.3, 0.4) is 0 Å². The summed E-state index contributed by atoms with van der Waals surface area (Å²) in [7, 11) is 0. The van der Waals surface area contributed by atoms with Crippen molar-refractivity contribution in [2.45, 2.75) is 25.3 Å². The van der Waals surface area contributed by atoms with Crippen molar-refractivity contribution in [3.63, 3.8) is 0 Å². The Bertz CT molecular complexity index is 677. The average molecular weight is 304 g/mol. The third-order valence-electron chi connectivity index (χ3n) is 3.29. The molecule has 1 saturated carbocycles. The molecule has 1 aliphatic carbocycles. The van der Waals surface area contributed by atoms with Gasteiger partial charge >= 0.3 is 6.03 Å². The topological polar surface area (TPSA) is 76.0 Å². The molecule has 2 amide bonds. The van der Waals surface area contributed by atoms with Gasteiger partial charge in [-0.05, 0) is 30.4 Å². The Balaban J connectivity index is 1.48. The molecular formula is C14H16N4O2S. The van der Waals surface area contributed by atoms with Crippen LogP contribution < -0.4 is 16.2 Å². The van der Waals surface area contributed by atoms with Crippen LogP contribution in [0.5, 0.6) is 0 Å². The minimum atomic E-state index is -0.270. The summed E-state index contributed by atoms with van der Waals surface area (Å²) < 4.78 is 1.51. The summed E-state index contributed by atoms with van der Waals surface area (Å²) in [6.45, 7) is 0.788. The summed E-state index contributed by atoms with van der Waals surface area (Å²) in [5, 5.41) is 8.12. The van der Waals surface area contributed by atoms with Crippen LogP contribution >= 0.6 is 11.3 Å². The molecule has 0 unspecified atom stereocenters. The van der Waals surface area contributed by atoms with Crippen molar-refractivity contribution in [2.24, 2.45) is 0 Å². The van der Waals surface area contributed by atoms with Crippen LogP contribution in [-0.2, 0) is 6.54 Å². The quantitative estimate of drug-likeness (QED) is 0.887. The van der Waals surface area contributed by atoms with Gasteiger partial charge in [-0.15, -0.1) is 11.3 Å². The Labute approximate surface area is 125 Å². The molecule has 3 rings (SSSR count). The zero-order chi connectivity index (χ0) is 14.7. The largest absolute Gasteiger partial charge is 0.336 e. The summed E-state index contributed by atoms with van der Waals surface area (Å²) in [5.41, 5.74) is 0.826. The smallest absolute Gasteiger partial charge is 0.319 e. The monoisotopic (exact) mass is 304 g/mol. The van der Waals surface area contributed by atoms with E-state index in [0.717, 1.165) is 23.5 Å². The highest BCUT2D eigenvalue weighted by Gasteiger charge is 2.25. The van der Waals surface area contributed by atoms with Gasteiger partial charge in [-0.1, -0.05) is 0 Å². The second-order valence-electron chi connectivity index (χ2n) is 4.98. The summed E-state index contributed by atoms with van der Waals surface area (Å²) in [4.78, 5) is 27.8. The fraction of sp³-hybridized carbons (Fsp3) is 0.357. The lowest BCUT2D eigenvalue weighted by Gasteiger charge is -2.08. The molecule has 1 aliphatic rings. The highest BCUT2D eigenvalue weighted by molar-refractivity contribution is 7.14. The normalized spacial score (nSPS) is 13.9. The first-order chi connectivity index (χ1) is 10.2. The highest BCUT2D eigenvalue weighted by atomic mass is 32.1. The number of carbonyl (C=O) groups excluding carboxylic acids is 1. The maximum atomic E-state index is 11.9. The molecule has 0 radical (unpaired) electrons. The maximum Gasteiger partial charge on any atom is 0.319 e. The first-order valence-electron chi connectivity index (χ1n) is 6.87. The van der Waals surface area contributed by atoms with Crippen LogP contribution in [-0.4, -0.2) is 22.1 Å². The molecule has 7 heteroatoms. The van der Waals surface area contributed by atoms with Gasteiger partial charge in [0.15, 0.2) is 0 Å². The molecule has 2 N–H and O–H groups in total. The van der Waals surface area contributed by atoms with E-state index in [0.29, 0.717) is 19.0 Å². The number of hydrogen-bond acceptors (Lipinski definition) is 4. The number of nitrogens with one attached hydrogen (secondary N) is 2. The number of thiophene rings is 1. The van der Waals surface area contributed by atoms with Crippen molar-refractivity contribution >= 4 is 22.4 Å². The maximum absolute atomic E-state index is 11.9. The molecule has 2 aromatic heterocycles. The van der Waals surface area contributed by atoms with E-state index in [4.69, 9.17) is 0 Å². The molecule has 21 heavy (non-hydrogen) atoms. The van der Waals surface area contributed by atoms with Crippen molar-refractivity contribution in [2.75, 3.05) is 11.9 Å². The van der Waals surface area contributed by atoms with Crippen LogP contribution in [0.25, 0.3) is 0 Å². The third kappa shape index (κ3) is 3.69. The summed E-state index contributed by atoms with van der Waals surface area (Å²) in [5.74, 6) is 0.474. The van der Waals surface area contributed by atoms with Gasteiger partial charge < -0.3 is 5.32 Å². The second kappa shape index (κ2) is 6.09. The fourth-order valence-electron chi connectivity index (χ4n) is 2.01. The number of aromatic nitrogens is 2. The number of amides is 2. The van der Waals surface area contributed by atoms with Gasteiger partial charge in [0.1, 0.15) is 0 Å². The minimum absolute atomic E-state index is 0.0626. The van der Waals surface area contributed by atoms with E-state index < -0.39 is 0 Å². The summed E-state index contributed by atoms with van der Waals surface area (Å²) >= 11 is 1.46. The predicted molar refractivity (Wildman–Crippen MR) is 81.8 cm³/mol. The Morgan fingerprint density at radius 2 is 2.33 bits per heavy atom. The lowest BCUT2D eigenvalue weighted by molar-refractivity contribution is 0.251. The van der Waals surface area contributed by atoms with Gasteiger partial charge in [0.2, 0.25) is 0 Å². The van der Waals surface area contributed by atoms with Crippen molar-refractivity contribution in [1.82, 2.24) is 14.9 Å². The highest BCUT2D eigenvalue weighted by Crippen LogP contribution is 2.38. The van der Waals surface area contributed by atoms with E-state index in [9.17, 15) is 9.59 Å². The number of anilines is 1. The van der Waals surface area contributed by atoms with Gasteiger partial charge in [0, 0.05) is 25.1 Å². The molecule has 0 atom stereocenters. The molecule has 1 fully saturated rings. The molecule has 2 heterocycles. The SMILES string of the molecule is O=C(NCCn1cnc(C2CC2)cc1=O)Nc1cccs1. The number of hydrogen-bond donors (Lipinski definition) is 2. The zero-order valence-electron chi connectivity index (χ0n) is 11.4. The number of rotatable bonds is 5. The van der Waals surface area contributed by atoms with Gasteiger partial charge in [-0.25, -0.2) is 9.78 Å². The average Bonchev–Trinajstić information content (AvgIpc) is 3.19. The van der Waals surface area contributed by atoms with Crippen LogP contribution in [0.2, 0.25) is 0 Å². The van der Waals surface area contributed by atoms with Gasteiger partial charge in [0.05, 0.1) is 17.0 Å². The van der Waals surface area contributed by atoms with Crippen molar-refractivity contribution in [3.05, 3.63) is 46.0 Å². The molecule has 0 aromatic carbocycles. The molecule has 6 nitrogen and oxygen atoms in total. The Hall–Kier alpha value is -2.15. The standard InChI is InChI=1S/C14H16N4O2S/c19-13-8-11(10-3-4-10)16-9-18(13)6-5-15-14(20)17-12-2-1-7-21-12/h1-2,7-10H,3-6H2,(H2,15,17,20). The lowest BCUT2D eigenvalue weighted by Crippen LogP contribution is -2.33. The van der Waals surface area contributed by atoms with Gasteiger partial charge in [0.25, 0.3) is 5.56 Å². The first kappa shape index (κ1) is 13.8. The van der Waals surface area contributed by atoms with Crippen LogP contribution in [0.4, 0.5) is 9.80 Å². The van der Waals surface area contributed by atoms with Gasteiger partial charge in [-0.2, -0.15) is 0 Å². The minimum Gasteiger partial charge on any atom is -0.336 e. The van der Waals surface area contributed by atoms with Crippen molar-refractivity contribution < 1.29 is 4.79 Å². The number of nitrogens with zero attached hydrogens (tertiary/aromatic N) is 2. The zero-order valence-corrected chi connectivity index (χ0v) is 12.2. The molecule has 0 bridgehead atoms. The van der Waals surface area contributed by atoms with Crippen LogP contribution in [0.15, 0.2) is 34.7 Å². The van der Waals surface area contributed by atoms with Gasteiger partial charge in [-0.3, -0.25) is 14.7 Å². The molecule has 110 valence electrons. The van der Waals surface area contributed by atoms with Crippen molar-refractivity contribution in [1.29, 1.82) is 0 Å². The summed E-state index contributed by atoms with van der Waals surface area (Å²) in [6, 6.07) is 5.03. The Kier molecular flexibility index (Phi) is 4.01. The summed E-state index contributed by atoms with van der Waals surface area (Å²) in [6.07, 6.45) is 3.82. The van der Waals surface area contributed by atoms with E-state index >= 15 is 0 Å². The third-order valence-corrected chi connectivity index (χ3v) is 4.08. The predicted octanol–water partition coefficient (Wildman–Crippen LogP) is 2.00. The van der Waals surface area contributed by atoms with Crippen LogP contribution in [0.1, 0.15) is 24.5 Å². The van der Waals surface area contributed by atoms with E-state index in [2.05, 4.69) is 15.6 Å². The van der Waals surface area contributed by atoms with E-state index in [1.165, 1.54) is 15.9 Å². The second-order valence-corrected chi connectivity index (χ2v) is 5.93. The number of urea groups is 1.